The minimum Gasteiger partial charge on any atom is -0.313 e. The fourth-order valence-corrected chi connectivity index (χ4v) is 3.54. The van der Waals surface area contributed by atoms with Crippen LogP contribution < -0.4 is 5.32 Å². The lowest BCUT2D eigenvalue weighted by molar-refractivity contribution is 0.384. The average molecular weight is 249 g/mol. The SMILES string of the molecule is CCC(C)C(C)NCC1CSc2ccccc21. The van der Waals surface area contributed by atoms with Gasteiger partial charge in [-0.3, -0.25) is 0 Å². The molecule has 2 rings (SSSR count). The van der Waals surface area contributed by atoms with Crippen LogP contribution in [0.25, 0.3) is 0 Å². The van der Waals surface area contributed by atoms with E-state index in [1.807, 2.05) is 11.8 Å². The highest BCUT2D eigenvalue weighted by atomic mass is 32.2. The third kappa shape index (κ3) is 3.05. The molecule has 0 radical (unpaired) electrons. The van der Waals surface area contributed by atoms with Crippen LogP contribution in [0.1, 0.15) is 38.7 Å². The first-order chi connectivity index (χ1) is 8.22. The molecular formula is C15H23NS. The number of hydrogen-bond donors (Lipinski definition) is 1. The Morgan fingerprint density at radius 3 is 2.88 bits per heavy atom. The summed E-state index contributed by atoms with van der Waals surface area (Å²) < 4.78 is 0. The largest absolute Gasteiger partial charge is 0.313 e. The van der Waals surface area contributed by atoms with Gasteiger partial charge in [-0.2, -0.15) is 0 Å². The topological polar surface area (TPSA) is 12.0 Å². The van der Waals surface area contributed by atoms with Gasteiger partial charge in [0, 0.05) is 29.2 Å². The Kier molecular flexibility index (Phi) is 4.52. The zero-order valence-corrected chi connectivity index (χ0v) is 11.9. The van der Waals surface area contributed by atoms with Crippen LogP contribution >= 0.6 is 11.8 Å². The molecule has 17 heavy (non-hydrogen) atoms. The molecule has 1 aromatic rings. The molecule has 0 saturated carbocycles. The first-order valence-corrected chi connectivity index (χ1v) is 7.66. The first kappa shape index (κ1) is 13.0. The first-order valence-electron chi connectivity index (χ1n) is 6.67. The fourth-order valence-electron chi connectivity index (χ4n) is 2.28. The van der Waals surface area contributed by atoms with Crippen LogP contribution in [0.15, 0.2) is 29.2 Å². The van der Waals surface area contributed by atoms with Crippen molar-refractivity contribution in [1.29, 1.82) is 0 Å². The lowest BCUT2D eigenvalue weighted by Crippen LogP contribution is -2.35. The molecule has 1 aliphatic rings. The predicted octanol–water partition coefficient (Wildman–Crippen LogP) is 3.90. The molecule has 0 saturated heterocycles. The van der Waals surface area contributed by atoms with E-state index in [0.29, 0.717) is 12.0 Å². The van der Waals surface area contributed by atoms with E-state index in [9.17, 15) is 0 Å². The Hall–Kier alpha value is -0.470. The summed E-state index contributed by atoms with van der Waals surface area (Å²) in [6, 6.07) is 9.46. The van der Waals surface area contributed by atoms with Crippen LogP contribution in [0.2, 0.25) is 0 Å². The van der Waals surface area contributed by atoms with Gasteiger partial charge in [0.25, 0.3) is 0 Å². The maximum Gasteiger partial charge on any atom is 0.0108 e. The molecule has 3 unspecified atom stereocenters. The number of hydrogen-bond acceptors (Lipinski definition) is 2. The van der Waals surface area contributed by atoms with Crippen LogP contribution in [0.3, 0.4) is 0 Å². The van der Waals surface area contributed by atoms with E-state index in [0.717, 1.165) is 12.5 Å². The quantitative estimate of drug-likeness (QED) is 0.849. The van der Waals surface area contributed by atoms with Crippen LogP contribution in [0.5, 0.6) is 0 Å². The van der Waals surface area contributed by atoms with Crippen LogP contribution in [0.4, 0.5) is 0 Å². The van der Waals surface area contributed by atoms with E-state index in [1.54, 1.807) is 5.56 Å². The fraction of sp³-hybridized carbons (Fsp3) is 0.600. The maximum atomic E-state index is 3.70. The van der Waals surface area contributed by atoms with Crippen molar-refractivity contribution >= 4 is 11.8 Å². The van der Waals surface area contributed by atoms with Gasteiger partial charge in [0.2, 0.25) is 0 Å². The second kappa shape index (κ2) is 5.92. The van der Waals surface area contributed by atoms with Gasteiger partial charge in [0.1, 0.15) is 0 Å². The Balaban J connectivity index is 1.90. The van der Waals surface area contributed by atoms with Crippen LogP contribution in [0, 0.1) is 5.92 Å². The molecule has 1 aromatic carbocycles. The lowest BCUT2D eigenvalue weighted by Gasteiger charge is -2.22. The van der Waals surface area contributed by atoms with E-state index in [4.69, 9.17) is 0 Å². The van der Waals surface area contributed by atoms with Gasteiger partial charge in [-0.05, 0) is 24.5 Å². The number of fused-ring (bicyclic) bond motifs is 1. The summed E-state index contributed by atoms with van der Waals surface area (Å²) in [7, 11) is 0. The van der Waals surface area contributed by atoms with Gasteiger partial charge in [0.15, 0.2) is 0 Å². The average Bonchev–Trinajstić information content (AvgIpc) is 2.78. The van der Waals surface area contributed by atoms with Crippen molar-refractivity contribution in [2.75, 3.05) is 12.3 Å². The number of thioether (sulfide) groups is 1. The molecule has 94 valence electrons. The van der Waals surface area contributed by atoms with Crippen molar-refractivity contribution in [2.24, 2.45) is 5.92 Å². The van der Waals surface area contributed by atoms with Crippen molar-refractivity contribution < 1.29 is 0 Å². The van der Waals surface area contributed by atoms with Gasteiger partial charge in [0.05, 0.1) is 0 Å². The Morgan fingerprint density at radius 2 is 2.12 bits per heavy atom. The molecule has 1 heterocycles. The second-order valence-corrected chi connectivity index (χ2v) is 6.19. The normalized spacial score (nSPS) is 22.2. The van der Waals surface area contributed by atoms with Crippen LogP contribution in [-0.2, 0) is 0 Å². The standard InChI is InChI=1S/C15H23NS/c1-4-11(2)12(3)16-9-13-10-17-15-8-6-5-7-14(13)15/h5-8,11-13,16H,4,9-10H2,1-3H3. The zero-order chi connectivity index (χ0) is 12.3. The summed E-state index contributed by atoms with van der Waals surface area (Å²) in [5.41, 5.74) is 1.54. The van der Waals surface area contributed by atoms with Gasteiger partial charge < -0.3 is 5.32 Å². The van der Waals surface area contributed by atoms with E-state index in [-0.39, 0.29) is 0 Å². The molecule has 0 aromatic heterocycles. The maximum absolute atomic E-state index is 3.70. The molecule has 1 nitrogen and oxygen atoms in total. The summed E-state index contributed by atoms with van der Waals surface area (Å²) in [4.78, 5) is 1.48. The van der Waals surface area contributed by atoms with E-state index >= 15 is 0 Å². The summed E-state index contributed by atoms with van der Waals surface area (Å²) >= 11 is 2.00. The Morgan fingerprint density at radius 1 is 1.35 bits per heavy atom. The number of nitrogens with one attached hydrogen (secondary N) is 1. The minimum atomic E-state index is 0.623. The molecule has 1 aliphatic heterocycles. The summed E-state index contributed by atoms with van der Waals surface area (Å²) in [5.74, 6) is 2.70. The highest BCUT2D eigenvalue weighted by Gasteiger charge is 2.23. The van der Waals surface area contributed by atoms with Crippen LogP contribution in [-0.4, -0.2) is 18.3 Å². The lowest BCUT2D eigenvalue weighted by atomic mass is 9.98. The molecule has 0 aliphatic carbocycles. The zero-order valence-electron chi connectivity index (χ0n) is 11.1. The third-order valence-electron chi connectivity index (χ3n) is 3.98. The van der Waals surface area contributed by atoms with Crippen molar-refractivity contribution in [3.8, 4) is 0 Å². The molecule has 0 spiro atoms. The van der Waals surface area contributed by atoms with E-state index in [1.165, 1.54) is 17.1 Å². The highest BCUT2D eigenvalue weighted by molar-refractivity contribution is 7.99. The summed E-state index contributed by atoms with van der Waals surface area (Å²) in [6.45, 7) is 8.02. The highest BCUT2D eigenvalue weighted by Crippen LogP contribution is 2.38. The molecule has 0 bridgehead atoms. The summed E-state index contributed by atoms with van der Waals surface area (Å²) in [6.07, 6.45) is 1.25. The monoisotopic (exact) mass is 249 g/mol. The number of benzene rings is 1. The van der Waals surface area contributed by atoms with E-state index in [2.05, 4.69) is 50.4 Å². The number of rotatable bonds is 5. The second-order valence-electron chi connectivity index (χ2n) is 5.13. The van der Waals surface area contributed by atoms with Gasteiger partial charge in [-0.1, -0.05) is 38.5 Å². The molecule has 2 heteroatoms. The molecule has 0 amide bonds. The molecular weight excluding hydrogens is 226 g/mol. The predicted molar refractivity (Wildman–Crippen MR) is 76.8 cm³/mol. The van der Waals surface area contributed by atoms with Crippen molar-refractivity contribution in [1.82, 2.24) is 5.32 Å². The Labute approximate surface area is 109 Å². The molecule has 3 atom stereocenters. The molecule has 0 fully saturated rings. The van der Waals surface area contributed by atoms with Crippen molar-refractivity contribution in [3.05, 3.63) is 29.8 Å². The third-order valence-corrected chi connectivity index (χ3v) is 5.23. The molecule has 1 N–H and O–H groups in total. The Bertz CT molecular complexity index is 364. The van der Waals surface area contributed by atoms with Crippen molar-refractivity contribution in [2.45, 2.75) is 44.0 Å². The van der Waals surface area contributed by atoms with Gasteiger partial charge in [-0.15, -0.1) is 11.8 Å². The van der Waals surface area contributed by atoms with Gasteiger partial charge >= 0.3 is 0 Å². The smallest absolute Gasteiger partial charge is 0.0108 e. The van der Waals surface area contributed by atoms with Gasteiger partial charge in [-0.25, -0.2) is 0 Å². The van der Waals surface area contributed by atoms with E-state index < -0.39 is 0 Å². The minimum absolute atomic E-state index is 0.623. The summed E-state index contributed by atoms with van der Waals surface area (Å²) in [5, 5.41) is 3.70. The van der Waals surface area contributed by atoms with Crippen molar-refractivity contribution in [3.63, 3.8) is 0 Å².